The number of hydrogen-bond donors (Lipinski definition) is 1. The number of hydrogen-bond acceptors (Lipinski definition) is 3. The van der Waals surface area contributed by atoms with Gasteiger partial charge in [-0.2, -0.15) is 0 Å². The first-order valence-electron chi connectivity index (χ1n) is 6.16. The minimum absolute atomic E-state index is 0.123. The van der Waals surface area contributed by atoms with Gasteiger partial charge in [0.1, 0.15) is 0 Å². The highest BCUT2D eigenvalue weighted by molar-refractivity contribution is 5.97. The number of benzene rings is 1. The molecule has 1 fully saturated rings. The Morgan fingerprint density at radius 2 is 2.00 bits per heavy atom. The highest BCUT2D eigenvalue weighted by Crippen LogP contribution is 2.19. The summed E-state index contributed by atoms with van der Waals surface area (Å²) in [7, 11) is 0. The van der Waals surface area contributed by atoms with E-state index in [-0.39, 0.29) is 17.1 Å². The van der Waals surface area contributed by atoms with Gasteiger partial charge in [0.25, 0.3) is 5.91 Å². The number of amides is 1. The predicted octanol–water partition coefficient (Wildman–Crippen LogP) is 1.64. The van der Waals surface area contributed by atoms with Gasteiger partial charge in [0.2, 0.25) is 0 Å². The standard InChI is InChI=1S/C14H17NO4/c1-14(2)9-15(6-7-19-14)12(16)10-4-3-5-11(8-10)13(17)18/h3-5,8H,6-7,9H2,1-2H3,(H,17,18). The fraction of sp³-hybridized carbons (Fsp3) is 0.429. The summed E-state index contributed by atoms with van der Waals surface area (Å²) in [6, 6.07) is 6.11. The number of rotatable bonds is 2. The Morgan fingerprint density at radius 1 is 1.32 bits per heavy atom. The first-order valence-corrected chi connectivity index (χ1v) is 6.16. The molecule has 102 valence electrons. The summed E-state index contributed by atoms with van der Waals surface area (Å²) in [5.41, 5.74) is 0.161. The number of nitrogens with zero attached hydrogens (tertiary/aromatic N) is 1. The van der Waals surface area contributed by atoms with Crippen molar-refractivity contribution in [3.8, 4) is 0 Å². The highest BCUT2D eigenvalue weighted by Gasteiger charge is 2.30. The third-order valence-electron chi connectivity index (χ3n) is 3.07. The van der Waals surface area contributed by atoms with Crippen LogP contribution in [0.1, 0.15) is 34.6 Å². The van der Waals surface area contributed by atoms with Crippen molar-refractivity contribution >= 4 is 11.9 Å². The lowest BCUT2D eigenvalue weighted by Gasteiger charge is -2.38. The lowest BCUT2D eigenvalue weighted by atomic mass is 10.1. The molecule has 1 heterocycles. The molecule has 0 saturated carbocycles. The SMILES string of the molecule is CC1(C)CN(C(=O)c2cccc(C(=O)O)c2)CCO1. The van der Waals surface area contributed by atoms with Crippen molar-refractivity contribution < 1.29 is 19.4 Å². The van der Waals surface area contributed by atoms with Gasteiger partial charge in [-0.25, -0.2) is 4.79 Å². The summed E-state index contributed by atoms with van der Waals surface area (Å²) in [4.78, 5) is 24.9. The van der Waals surface area contributed by atoms with Crippen molar-refractivity contribution in [1.82, 2.24) is 4.90 Å². The Kier molecular flexibility index (Phi) is 3.57. The maximum atomic E-state index is 12.3. The highest BCUT2D eigenvalue weighted by atomic mass is 16.5. The predicted molar refractivity (Wildman–Crippen MR) is 69.3 cm³/mol. The second-order valence-electron chi connectivity index (χ2n) is 5.22. The van der Waals surface area contributed by atoms with Gasteiger partial charge >= 0.3 is 5.97 Å². The molecule has 5 nitrogen and oxygen atoms in total. The van der Waals surface area contributed by atoms with E-state index < -0.39 is 5.97 Å². The van der Waals surface area contributed by atoms with Gasteiger partial charge in [0.15, 0.2) is 0 Å². The molecule has 2 rings (SSSR count). The van der Waals surface area contributed by atoms with Crippen LogP contribution in [0.25, 0.3) is 0 Å². The molecule has 1 amide bonds. The van der Waals surface area contributed by atoms with Gasteiger partial charge in [-0.05, 0) is 32.0 Å². The molecule has 0 spiro atoms. The molecule has 1 aliphatic heterocycles. The molecule has 0 atom stereocenters. The maximum absolute atomic E-state index is 12.3. The van der Waals surface area contributed by atoms with E-state index in [0.717, 1.165) is 0 Å². The second-order valence-corrected chi connectivity index (χ2v) is 5.22. The number of carboxylic acid groups (broad SMARTS) is 1. The topological polar surface area (TPSA) is 66.8 Å². The van der Waals surface area contributed by atoms with Gasteiger partial charge in [-0.15, -0.1) is 0 Å². The number of carboxylic acids is 1. The van der Waals surface area contributed by atoms with Gasteiger partial charge < -0.3 is 14.7 Å². The minimum atomic E-state index is -1.03. The minimum Gasteiger partial charge on any atom is -0.478 e. The molecule has 0 aliphatic carbocycles. The Balaban J connectivity index is 2.19. The normalized spacial score (nSPS) is 18.1. The van der Waals surface area contributed by atoms with Crippen LogP contribution in [0.4, 0.5) is 0 Å². The Morgan fingerprint density at radius 3 is 2.63 bits per heavy atom. The van der Waals surface area contributed by atoms with Gasteiger partial charge in [-0.1, -0.05) is 6.07 Å². The average molecular weight is 263 g/mol. The molecule has 1 N–H and O–H groups in total. The maximum Gasteiger partial charge on any atom is 0.335 e. The smallest absolute Gasteiger partial charge is 0.335 e. The van der Waals surface area contributed by atoms with E-state index in [0.29, 0.717) is 25.3 Å². The molecule has 0 aromatic heterocycles. The summed E-state index contributed by atoms with van der Waals surface area (Å²) in [6.07, 6.45) is 0. The third kappa shape index (κ3) is 3.12. The van der Waals surface area contributed by atoms with Crippen LogP contribution in [0.15, 0.2) is 24.3 Å². The zero-order valence-electron chi connectivity index (χ0n) is 11.0. The first kappa shape index (κ1) is 13.5. The van der Waals surface area contributed by atoms with Gasteiger partial charge in [0, 0.05) is 18.7 Å². The van der Waals surface area contributed by atoms with Gasteiger partial charge in [0.05, 0.1) is 17.8 Å². The van der Waals surface area contributed by atoms with Crippen molar-refractivity contribution in [1.29, 1.82) is 0 Å². The van der Waals surface area contributed by atoms with E-state index in [4.69, 9.17) is 9.84 Å². The summed E-state index contributed by atoms with van der Waals surface area (Å²) < 4.78 is 5.56. The monoisotopic (exact) mass is 263 g/mol. The van der Waals surface area contributed by atoms with Crippen molar-refractivity contribution in [3.05, 3.63) is 35.4 Å². The van der Waals surface area contributed by atoms with E-state index in [1.165, 1.54) is 12.1 Å². The van der Waals surface area contributed by atoms with Crippen LogP contribution in [-0.4, -0.2) is 47.2 Å². The largest absolute Gasteiger partial charge is 0.478 e. The van der Waals surface area contributed by atoms with Crippen LogP contribution < -0.4 is 0 Å². The molecule has 0 radical (unpaired) electrons. The Hall–Kier alpha value is -1.88. The van der Waals surface area contributed by atoms with Crippen LogP contribution in [0.3, 0.4) is 0 Å². The molecule has 1 aromatic rings. The summed E-state index contributed by atoms with van der Waals surface area (Å²) in [5, 5.41) is 8.94. The fourth-order valence-corrected chi connectivity index (χ4v) is 2.16. The molecule has 1 aromatic carbocycles. The number of morpholine rings is 1. The number of ether oxygens (including phenoxy) is 1. The van der Waals surface area contributed by atoms with Crippen molar-refractivity contribution in [2.75, 3.05) is 19.7 Å². The molecule has 1 saturated heterocycles. The number of carbonyl (C=O) groups is 2. The zero-order chi connectivity index (χ0) is 14.0. The number of aromatic carboxylic acids is 1. The van der Waals surface area contributed by atoms with Crippen molar-refractivity contribution in [2.45, 2.75) is 19.4 Å². The second kappa shape index (κ2) is 5.01. The molecule has 5 heteroatoms. The Labute approximate surface area is 111 Å². The van der Waals surface area contributed by atoms with Crippen LogP contribution in [-0.2, 0) is 4.74 Å². The summed E-state index contributed by atoms with van der Waals surface area (Å²) in [5.74, 6) is -1.18. The van der Waals surface area contributed by atoms with E-state index in [1.807, 2.05) is 13.8 Å². The molecule has 19 heavy (non-hydrogen) atoms. The molecular weight excluding hydrogens is 246 g/mol. The van der Waals surface area contributed by atoms with E-state index >= 15 is 0 Å². The van der Waals surface area contributed by atoms with E-state index in [1.54, 1.807) is 17.0 Å². The first-order chi connectivity index (χ1) is 8.89. The molecular formula is C14H17NO4. The lowest BCUT2D eigenvalue weighted by Crippen LogP contribution is -2.50. The van der Waals surface area contributed by atoms with Crippen LogP contribution in [0.2, 0.25) is 0 Å². The summed E-state index contributed by atoms with van der Waals surface area (Å²) in [6.45, 7) is 5.39. The molecule has 0 bridgehead atoms. The quantitative estimate of drug-likeness (QED) is 0.880. The van der Waals surface area contributed by atoms with Crippen molar-refractivity contribution in [3.63, 3.8) is 0 Å². The van der Waals surface area contributed by atoms with Crippen molar-refractivity contribution in [2.24, 2.45) is 0 Å². The Bertz CT molecular complexity index is 510. The average Bonchev–Trinajstić information content (AvgIpc) is 2.37. The number of carbonyl (C=O) groups excluding carboxylic acids is 1. The molecule has 0 unspecified atom stereocenters. The van der Waals surface area contributed by atoms with Crippen LogP contribution in [0.5, 0.6) is 0 Å². The lowest BCUT2D eigenvalue weighted by molar-refractivity contribution is -0.0764. The zero-order valence-corrected chi connectivity index (χ0v) is 11.0. The van der Waals surface area contributed by atoms with E-state index in [2.05, 4.69) is 0 Å². The van der Waals surface area contributed by atoms with Crippen LogP contribution in [0, 0.1) is 0 Å². The van der Waals surface area contributed by atoms with Crippen LogP contribution >= 0.6 is 0 Å². The van der Waals surface area contributed by atoms with Gasteiger partial charge in [-0.3, -0.25) is 4.79 Å². The fourth-order valence-electron chi connectivity index (χ4n) is 2.16. The summed E-state index contributed by atoms with van der Waals surface area (Å²) >= 11 is 0. The molecule has 1 aliphatic rings. The van der Waals surface area contributed by atoms with E-state index in [9.17, 15) is 9.59 Å². The third-order valence-corrected chi connectivity index (χ3v) is 3.07.